The molecule has 2 heterocycles. The quantitative estimate of drug-likeness (QED) is 0.732. The van der Waals surface area contributed by atoms with Crippen molar-refractivity contribution in [3.8, 4) is 0 Å². The maximum absolute atomic E-state index is 5.70. The molecule has 0 atom stereocenters. The monoisotopic (exact) mass is 203 g/mol. The van der Waals surface area contributed by atoms with Gasteiger partial charge in [0.05, 0.1) is 0 Å². The Kier molecular flexibility index (Phi) is 2.22. The molecule has 80 valence electrons. The molecule has 0 N–H and O–H groups in total. The van der Waals surface area contributed by atoms with Crippen molar-refractivity contribution in [2.75, 3.05) is 0 Å². The van der Waals surface area contributed by atoms with Crippen LogP contribution in [-0.4, -0.2) is 4.57 Å². The van der Waals surface area contributed by atoms with Gasteiger partial charge in [0.1, 0.15) is 11.5 Å². The summed E-state index contributed by atoms with van der Waals surface area (Å²) in [7, 11) is 2.03. The van der Waals surface area contributed by atoms with Crippen molar-refractivity contribution in [1.82, 2.24) is 4.57 Å². The number of furan rings is 1. The molecule has 0 saturated heterocycles. The minimum absolute atomic E-state index is 0.0600. The van der Waals surface area contributed by atoms with Gasteiger partial charge in [0.15, 0.2) is 0 Å². The summed E-state index contributed by atoms with van der Waals surface area (Å²) >= 11 is 0. The van der Waals surface area contributed by atoms with Gasteiger partial charge in [0.25, 0.3) is 0 Å². The van der Waals surface area contributed by atoms with Crippen molar-refractivity contribution in [2.45, 2.75) is 26.2 Å². The Balaban J connectivity index is 2.42. The lowest BCUT2D eigenvalue weighted by atomic mass is 9.84. The summed E-state index contributed by atoms with van der Waals surface area (Å²) in [6, 6.07) is 6.21. The van der Waals surface area contributed by atoms with E-state index < -0.39 is 0 Å². The molecule has 2 aromatic rings. The Bertz CT molecular complexity index is 420. The van der Waals surface area contributed by atoms with Gasteiger partial charge in [-0.25, -0.2) is 0 Å². The van der Waals surface area contributed by atoms with Crippen molar-refractivity contribution < 1.29 is 4.42 Å². The molecule has 0 fully saturated rings. The number of rotatable bonds is 2. The Hall–Kier alpha value is -1.44. The first kappa shape index (κ1) is 10.1. The zero-order valence-electron chi connectivity index (χ0n) is 9.74. The van der Waals surface area contributed by atoms with Crippen molar-refractivity contribution in [3.05, 3.63) is 47.7 Å². The molecule has 0 aliphatic carbocycles. The second-order valence-electron chi connectivity index (χ2n) is 4.60. The second-order valence-corrected chi connectivity index (χ2v) is 4.60. The third-order valence-electron chi connectivity index (χ3n) is 2.91. The summed E-state index contributed by atoms with van der Waals surface area (Å²) in [5.74, 6) is 1.99. The fraction of sp³-hybridized carbons (Fsp3) is 0.385. The molecule has 0 radical (unpaired) electrons. The van der Waals surface area contributed by atoms with Gasteiger partial charge in [0, 0.05) is 24.9 Å². The van der Waals surface area contributed by atoms with E-state index in [-0.39, 0.29) is 5.41 Å². The lowest BCUT2D eigenvalue weighted by molar-refractivity contribution is 0.413. The molecule has 0 aliphatic rings. The van der Waals surface area contributed by atoms with Crippen LogP contribution in [0.3, 0.4) is 0 Å². The molecule has 2 rings (SSSR count). The molecule has 2 aromatic heterocycles. The van der Waals surface area contributed by atoms with Crippen LogP contribution in [0, 0.1) is 6.92 Å². The minimum atomic E-state index is -0.0600. The SMILES string of the molecule is Cc1ccc(C(C)(C)c2ccn(C)c2)o1. The predicted octanol–water partition coefficient (Wildman–Crippen LogP) is 3.25. The van der Waals surface area contributed by atoms with Gasteiger partial charge >= 0.3 is 0 Å². The van der Waals surface area contributed by atoms with E-state index in [0.29, 0.717) is 0 Å². The van der Waals surface area contributed by atoms with Crippen molar-refractivity contribution >= 4 is 0 Å². The number of aryl methyl sites for hydroxylation is 2. The molecule has 0 bridgehead atoms. The molecule has 0 unspecified atom stereocenters. The highest BCUT2D eigenvalue weighted by Gasteiger charge is 2.27. The van der Waals surface area contributed by atoms with E-state index in [1.165, 1.54) is 5.56 Å². The van der Waals surface area contributed by atoms with E-state index in [1.54, 1.807) is 0 Å². The first-order chi connectivity index (χ1) is 7.00. The molecule has 0 amide bonds. The zero-order valence-corrected chi connectivity index (χ0v) is 9.74. The molecule has 0 saturated carbocycles. The van der Waals surface area contributed by atoms with E-state index in [9.17, 15) is 0 Å². The van der Waals surface area contributed by atoms with Gasteiger partial charge in [-0.3, -0.25) is 0 Å². The maximum atomic E-state index is 5.70. The molecular weight excluding hydrogens is 186 g/mol. The van der Waals surface area contributed by atoms with E-state index in [4.69, 9.17) is 4.42 Å². The fourth-order valence-electron chi connectivity index (χ4n) is 1.79. The van der Waals surface area contributed by atoms with Crippen LogP contribution in [0.5, 0.6) is 0 Å². The molecule has 0 aromatic carbocycles. The van der Waals surface area contributed by atoms with Gasteiger partial charge in [-0.1, -0.05) is 0 Å². The summed E-state index contributed by atoms with van der Waals surface area (Å²) in [6.07, 6.45) is 4.20. The molecule has 0 aliphatic heterocycles. The fourth-order valence-corrected chi connectivity index (χ4v) is 1.79. The van der Waals surface area contributed by atoms with E-state index in [2.05, 4.69) is 42.9 Å². The lowest BCUT2D eigenvalue weighted by Crippen LogP contribution is -2.17. The average Bonchev–Trinajstić information content (AvgIpc) is 2.74. The smallest absolute Gasteiger partial charge is 0.114 e. The van der Waals surface area contributed by atoms with Gasteiger partial charge in [-0.2, -0.15) is 0 Å². The van der Waals surface area contributed by atoms with Crippen LogP contribution in [0.2, 0.25) is 0 Å². The third kappa shape index (κ3) is 1.72. The molecular formula is C13H17NO. The zero-order chi connectivity index (χ0) is 11.1. The van der Waals surface area contributed by atoms with Crippen molar-refractivity contribution in [1.29, 1.82) is 0 Å². The Morgan fingerprint density at radius 1 is 1.20 bits per heavy atom. The molecule has 2 nitrogen and oxygen atoms in total. The average molecular weight is 203 g/mol. The van der Waals surface area contributed by atoms with Gasteiger partial charge < -0.3 is 8.98 Å². The number of hydrogen-bond donors (Lipinski definition) is 0. The van der Waals surface area contributed by atoms with Crippen LogP contribution in [0.25, 0.3) is 0 Å². The lowest BCUT2D eigenvalue weighted by Gasteiger charge is -2.20. The van der Waals surface area contributed by atoms with Crippen LogP contribution in [-0.2, 0) is 12.5 Å². The van der Waals surface area contributed by atoms with Crippen LogP contribution in [0.4, 0.5) is 0 Å². The van der Waals surface area contributed by atoms with Crippen LogP contribution in [0.1, 0.15) is 30.9 Å². The van der Waals surface area contributed by atoms with Crippen LogP contribution < -0.4 is 0 Å². The van der Waals surface area contributed by atoms with Gasteiger partial charge in [-0.05, 0) is 44.5 Å². The van der Waals surface area contributed by atoms with Crippen molar-refractivity contribution in [3.63, 3.8) is 0 Å². The molecule has 2 heteroatoms. The Morgan fingerprint density at radius 2 is 1.93 bits per heavy atom. The van der Waals surface area contributed by atoms with Gasteiger partial charge in [0.2, 0.25) is 0 Å². The van der Waals surface area contributed by atoms with Gasteiger partial charge in [-0.15, -0.1) is 0 Å². The highest BCUT2D eigenvalue weighted by Crippen LogP contribution is 2.32. The topological polar surface area (TPSA) is 18.1 Å². The molecule has 0 spiro atoms. The highest BCUT2D eigenvalue weighted by atomic mass is 16.3. The first-order valence-corrected chi connectivity index (χ1v) is 5.19. The van der Waals surface area contributed by atoms with Crippen LogP contribution in [0.15, 0.2) is 35.0 Å². The van der Waals surface area contributed by atoms with E-state index in [0.717, 1.165) is 11.5 Å². The standard InChI is InChI=1S/C13H17NO/c1-10-5-6-12(15-10)13(2,3)11-7-8-14(4)9-11/h5-9H,1-4H3. The summed E-state index contributed by atoms with van der Waals surface area (Å²) in [4.78, 5) is 0. The third-order valence-corrected chi connectivity index (χ3v) is 2.91. The van der Waals surface area contributed by atoms with E-state index >= 15 is 0 Å². The second kappa shape index (κ2) is 3.30. The van der Waals surface area contributed by atoms with Crippen molar-refractivity contribution in [2.24, 2.45) is 7.05 Å². The Morgan fingerprint density at radius 3 is 2.40 bits per heavy atom. The van der Waals surface area contributed by atoms with E-state index in [1.807, 2.05) is 20.0 Å². The van der Waals surface area contributed by atoms with Crippen LogP contribution >= 0.6 is 0 Å². The summed E-state index contributed by atoms with van der Waals surface area (Å²) < 4.78 is 7.77. The largest absolute Gasteiger partial charge is 0.465 e. The predicted molar refractivity (Wildman–Crippen MR) is 61.0 cm³/mol. The number of nitrogens with zero attached hydrogens (tertiary/aromatic N) is 1. The summed E-state index contributed by atoms with van der Waals surface area (Å²) in [6.45, 7) is 6.34. The normalized spacial score (nSPS) is 12.0. The minimum Gasteiger partial charge on any atom is -0.465 e. The number of hydrogen-bond acceptors (Lipinski definition) is 1. The highest BCUT2D eigenvalue weighted by molar-refractivity contribution is 5.31. The first-order valence-electron chi connectivity index (χ1n) is 5.19. The maximum Gasteiger partial charge on any atom is 0.114 e. The Labute approximate surface area is 90.5 Å². The summed E-state index contributed by atoms with van der Waals surface area (Å²) in [5.41, 5.74) is 1.22. The summed E-state index contributed by atoms with van der Waals surface area (Å²) in [5, 5.41) is 0. The number of aromatic nitrogens is 1. The molecule has 15 heavy (non-hydrogen) atoms.